The summed E-state index contributed by atoms with van der Waals surface area (Å²) in [5.41, 5.74) is -0.245. The van der Waals surface area contributed by atoms with Gasteiger partial charge in [0.05, 0.1) is 7.11 Å². The van der Waals surface area contributed by atoms with Crippen LogP contribution in [0.5, 0.6) is 5.75 Å². The van der Waals surface area contributed by atoms with Crippen molar-refractivity contribution in [2.24, 2.45) is 0 Å². The molecule has 2 N–H and O–H groups in total. The predicted molar refractivity (Wildman–Crippen MR) is 75.9 cm³/mol. The number of carboxylic acid groups (broad SMARTS) is 1. The number of benzene rings is 1. The van der Waals surface area contributed by atoms with Crippen molar-refractivity contribution in [1.82, 2.24) is 5.32 Å². The van der Waals surface area contributed by atoms with Gasteiger partial charge in [0.2, 0.25) is 5.91 Å². The van der Waals surface area contributed by atoms with Crippen LogP contribution in [0.2, 0.25) is 0 Å². The average molecular weight is 279 g/mol. The van der Waals surface area contributed by atoms with Crippen LogP contribution in [-0.4, -0.2) is 29.6 Å². The molecule has 1 rings (SSSR count). The third kappa shape index (κ3) is 4.26. The lowest BCUT2D eigenvalue weighted by Gasteiger charge is -2.22. The summed E-state index contributed by atoms with van der Waals surface area (Å²) < 4.78 is 5.08. The maximum absolute atomic E-state index is 11.9. The average Bonchev–Trinajstić information content (AvgIpc) is 2.37. The van der Waals surface area contributed by atoms with Gasteiger partial charge in [0.25, 0.3) is 0 Å². The number of hydrogen-bond acceptors (Lipinski definition) is 3. The van der Waals surface area contributed by atoms with Crippen LogP contribution in [-0.2, 0) is 9.59 Å². The van der Waals surface area contributed by atoms with Crippen molar-refractivity contribution < 1.29 is 19.4 Å². The Morgan fingerprint density at radius 3 is 2.30 bits per heavy atom. The Labute approximate surface area is 118 Å². The van der Waals surface area contributed by atoms with Crippen molar-refractivity contribution >= 4 is 11.9 Å². The van der Waals surface area contributed by atoms with Gasteiger partial charge in [0.15, 0.2) is 0 Å². The molecule has 1 amide bonds. The van der Waals surface area contributed by atoms with Crippen molar-refractivity contribution in [2.45, 2.75) is 38.6 Å². The first-order valence-electron chi connectivity index (χ1n) is 6.44. The van der Waals surface area contributed by atoms with E-state index in [0.29, 0.717) is 0 Å². The first kappa shape index (κ1) is 16.0. The van der Waals surface area contributed by atoms with E-state index in [1.807, 2.05) is 31.2 Å². The molecule has 0 heterocycles. The lowest BCUT2D eigenvalue weighted by atomic mass is 9.96. The van der Waals surface area contributed by atoms with Gasteiger partial charge < -0.3 is 15.2 Å². The highest BCUT2D eigenvalue weighted by Gasteiger charge is 2.29. The molecule has 1 aromatic carbocycles. The maximum Gasteiger partial charge on any atom is 0.328 e. The quantitative estimate of drug-likeness (QED) is 0.836. The van der Waals surface area contributed by atoms with Gasteiger partial charge in [-0.3, -0.25) is 4.79 Å². The Morgan fingerprint density at radius 1 is 1.30 bits per heavy atom. The fourth-order valence-electron chi connectivity index (χ4n) is 1.78. The molecular weight excluding hydrogens is 258 g/mol. The first-order valence-corrected chi connectivity index (χ1v) is 6.44. The number of carbonyl (C=O) groups is 2. The third-order valence-corrected chi connectivity index (χ3v) is 3.16. The number of carboxylic acids is 1. The molecule has 1 aromatic rings. The zero-order chi connectivity index (χ0) is 15.3. The highest BCUT2D eigenvalue weighted by Crippen LogP contribution is 2.22. The molecule has 0 aromatic heterocycles. The van der Waals surface area contributed by atoms with Crippen molar-refractivity contribution in [1.29, 1.82) is 0 Å². The largest absolute Gasteiger partial charge is 0.497 e. The minimum Gasteiger partial charge on any atom is -0.497 e. The van der Waals surface area contributed by atoms with Crippen LogP contribution in [0.1, 0.15) is 38.7 Å². The number of amides is 1. The smallest absolute Gasteiger partial charge is 0.328 e. The summed E-state index contributed by atoms with van der Waals surface area (Å²) in [6.45, 7) is 4.85. The first-order chi connectivity index (χ1) is 9.26. The summed E-state index contributed by atoms with van der Waals surface area (Å²) in [5.74, 6) is -0.563. The number of carbonyl (C=O) groups excluding carboxylic acids is 1. The van der Waals surface area contributed by atoms with Gasteiger partial charge in [-0.2, -0.15) is 0 Å². The molecule has 1 unspecified atom stereocenters. The van der Waals surface area contributed by atoms with Crippen molar-refractivity contribution in [3.05, 3.63) is 29.8 Å². The van der Waals surface area contributed by atoms with Gasteiger partial charge in [-0.15, -0.1) is 0 Å². The van der Waals surface area contributed by atoms with Crippen LogP contribution < -0.4 is 10.1 Å². The summed E-state index contributed by atoms with van der Waals surface area (Å²) >= 11 is 0. The molecule has 0 aliphatic rings. The molecule has 0 aliphatic carbocycles. The fourth-order valence-corrected chi connectivity index (χ4v) is 1.78. The molecule has 20 heavy (non-hydrogen) atoms. The van der Waals surface area contributed by atoms with E-state index >= 15 is 0 Å². The van der Waals surface area contributed by atoms with E-state index < -0.39 is 11.5 Å². The van der Waals surface area contributed by atoms with Crippen molar-refractivity contribution in [3.63, 3.8) is 0 Å². The van der Waals surface area contributed by atoms with E-state index in [2.05, 4.69) is 5.32 Å². The molecule has 1 atom stereocenters. The van der Waals surface area contributed by atoms with Crippen LogP contribution in [0.4, 0.5) is 0 Å². The molecule has 110 valence electrons. The standard InChI is InChI=1S/C15H21NO4/c1-10(11-5-7-12(20-4)8-6-11)9-13(17)16-15(2,3)14(18)19/h5-8,10H,9H2,1-4H3,(H,16,17)(H,18,19). The maximum atomic E-state index is 11.9. The summed E-state index contributed by atoms with van der Waals surface area (Å²) in [6, 6.07) is 7.48. The zero-order valence-corrected chi connectivity index (χ0v) is 12.3. The van der Waals surface area contributed by atoms with E-state index in [1.54, 1.807) is 7.11 Å². The van der Waals surface area contributed by atoms with Gasteiger partial charge >= 0.3 is 5.97 Å². The van der Waals surface area contributed by atoms with Crippen LogP contribution in [0.25, 0.3) is 0 Å². The van der Waals surface area contributed by atoms with Crippen molar-refractivity contribution in [2.75, 3.05) is 7.11 Å². The SMILES string of the molecule is COc1ccc(C(C)CC(=O)NC(C)(C)C(=O)O)cc1. The number of rotatable bonds is 6. The minimum atomic E-state index is -1.25. The van der Waals surface area contributed by atoms with E-state index in [-0.39, 0.29) is 18.2 Å². The Kier molecular flexibility index (Phi) is 5.13. The third-order valence-electron chi connectivity index (χ3n) is 3.16. The summed E-state index contributed by atoms with van der Waals surface area (Å²) in [4.78, 5) is 22.8. The molecule has 0 spiro atoms. The van der Waals surface area contributed by atoms with E-state index in [0.717, 1.165) is 11.3 Å². The molecule has 5 nitrogen and oxygen atoms in total. The summed E-state index contributed by atoms with van der Waals surface area (Å²) in [6.07, 6.45) is 0.239. The number of hydrogen-bond donors (Lipinski definition) is 2. The second-order valence-corrected chi connectivity index (χ2v) is 5.36. The summed E-state index contributed by atoms with van der Waals surface area (Å²) in [5, 5.41) is 11.5. The second-order valence-electron chi connectivity index (χ2n) is 5.36. The molecule has 0 saturated heterocycles. The highest BCUT2D eigenvalue weighted by atomic mass is 16.5. The van der Waals surface area contributed by atoms with E-state index in [4.69, 9.17) is 9.84 Å². The van der Waals surface area contributed by atoms with Crippen LogP contribution >= 0.6 is 0 Å². The van der Waals surface area contributed by atoms with Gasteiger partial charge in [-0.25, -0.2) is 4.79 Å². The number of aliphatic carboxylic acids is 1. The molecular formula is C15H21NO4. The van der Waals surface area contributed by atoms with Gasteiger partial charge in [-0.05, 0) is 37.5 Å². The van der Waals surface area contributed by atoms with Crippen LogP contribution in [0.3, 0.4) is 0 Å². The molecule has 5 heteroatoms. The minimum absolute atomic E-state index is 0.00509. The van der Waals surface area contributed by atoms with Crippen molar-refractivity contribution in [3.8, 4) is 5.75 Å². The zero-order valence-electron chi connectivity index (χ0n) is 12.3. The monoisotopic (exact) mass is 279 g/mol. The number of nitrogens with one attached hydrogen (secondary N) is 1. The topological polar surface area (TPSA) is 75.6 Å². The van der Waals surface area contributed by atoms with Gasteiger partial charge in [-0.1, -0.05) is 19.1 Å². The van der Waals surface area contributed by atoms with E-state index in [1.165, 1.54) is 13.8 Å². The van der Waals surface area contributed by atoms with Crippen LogP contribution in [0, 0.1) is 0 Å². The fraction of sp³-hybridized carbons (Fsp3) is 0.467. The lowest BCUT2D eigenvalue weighted by Crippen LogP contribution is -2.49. The Balaban J connectivity index is 2.63. The normalized spacial score (nSPS) is 12.6. The second kappa shape index (κ2) is 6.41. The predicted octanol–water partition coefficient (Wildman–Crippen LogP) is 2.17. The Hall–Kier alpha value is -2.04. The van der Waals surface area contributed by atoms with E-state index in [9.17, 15) is 9.59 Å². The highest BCUT2D eigenvalue weighted by molar-refractivity contribution is 5.86. The number of ether oxygens (including phenoxy) is 1. The molecule has 0 bridgehead atoms. The molecule has 0 aliphatic heterocycles. The van der Waals surface area contributed by atoms with Gasteiger partial charge in [0.1, 0.15) is 11.3 Å². The number of methoxy groups -OCH3 is 1. The summed E-state index contributed by atoms with van der Waals surface area (Å²) in [7, 11) is 1.60. The molecule has 0 fully saturated rings. The van der Waals surface area contributed by atoms with Crippen LogP contribution in [0.15, 0.2) is 24.3 Å². The van der Waals surface area contributed by atoms with Gasteiger partial charge in [0, 0.05) is 6.42 Å². The Morgan fingerprint density at radius 2 is 1.85 bits per heavy atom. The lowest BCUT2D eigenvalue weighted by molar-refractivity contribution is -0.146. The Bertz CT molecular complexity index is 479. The molecule has 0 saturated carbocycles. The molecule has 0 radical (unpaired) electrons.